The number of ether oxygens (including phenoxy) is 3. The number of carbonyl (C=O) groups is 1. The van der Waals surface area contributed by atoms with Crippen LogP contribution in [0.4, 0.5) is 0 Å². The average molecular weight is 245 g/mol. The molecule has 1 rings (SSSR count). The van der Waals surface area contributed by atoms with Gasteiger partial charge in [0.25, 0.3) is 0 Å². The van der Waals surface area contributed by atoms with Crippen LogP contribution in [0.15, 0.2) is 0 Å². The predicted molar refractivity (Wildman–Crippen MR) is 63.9 cm³/mol. The number of esters is 1. The number of nitrogens with one attached hydrogen (secondary N) is 1. The molecule has 5 heteroatoms. The van der Waals surface area contributed by atoms with Crippen molar-refractivity contribution in [3.8, 4) is 0 Å². The lowest BCUT2D eigenvalue weighted by atomic mass is 10.1. The van der Waals surface area contributed by atoms with Gasteiger partial charge in [-0.1, -0.05) is 13.3 Å². The van der Waals surface area contributed by atoms with Crippen molar-refractivity contribution in [1.82, 2.24) is 5.32 Å². The van der Waals surface area contributed by atoms with E-state index in [1.165, 1.54) is 0 Å². The van der Waals surface area contributed by atoms with E-state index < -0.39 is 0 Å². The molecule has 0 bridgehead atoms. The third kappa shape index (κ3) is 5.48. The molecule has 1 heterocycles. The quantitative estimate of drug-likeness (QED) is 0.670. The summed E-state index contributed by atoms with van der Waals surface area (Å²) < 4.78 is 15.8. The lowest BCUT2D eigenvalue weighted by molar-refractivity contribution is -0.146. The number of hydrogen-bond acceptors (Lipinski definition) is 5. The largest absolute Gasteiger partial charge is 0.465 e. The zero-order chi connectivity index (χ0) is 12.5. The highest BCUT2D eigenvalue weighted by atomic mass is 16.6. The Morgan fingerprint density at radius 2 is 2.29 bits per heavy atom. The molecule has 0 radical (unpaired) electrons. The Morgan fingerprint density at radius 3 is 2.88 bits per heavy atom. The molecule has 0 aromatic carbocycles. The fourth-order valence-electron chi connectivity index (χ4n) is 1.76. The smallest absolute Gasteiger partial charge is 0.323 e. The van der Waals surface area contributed by atoms with Crippen LogP contribution in [-0.2, 0) is 19.0 Å². The molecule has 1 fully saturated rings. The number of carbonyl (C=O) groups excluding carboxylic acids is 1. The summed E-state index contributed by atoms with van der Waals surface area (Å²) in [5.41, 5.74) is 0. The molecule has 0 aromatic heterocycles. The van der Waals surface area contributed by atoms with Gasteiger partial charge in [-0.3, -0.25) is 4.79 Å². The molecule has 1 aliphatic rings. The van der Waals surface area contributed by atoms with Crippen LogP contribution in [0.5, 0.6) is 0 Å². The van der Waals surface area contributed by atoms with E-state index in [-0.39, 0.29) is 18.1 Å². The molecule has 100 valence electrons. The molecule has 1 saturated heterocycles. The molecule has 2 atom stereocenters. The van der Waals surface area contributed by atoms with Crippen LogP contribution >= 0.6 is 0 Å². The molecule has 5 nitrogen and oxygen atoms in total. The van der Waals surface area contributed by atoms with E-state index in [0.717, 1.165) is 12.8 Å². The summed E-state index contributed by atoms with van der Waals surface area (Å²) in [4.78, 5) is 11.6. The summed E-state index contributed by atoms with van der Waals surface area (Å²) in [7, 11) is 0. The predicted octanol–water partition coefficient (Wildman–Crippen LogP) is 0.723. The van der Waals surface area contributed by atoms with Crippen LogP contribution in [-0.4, -0.2) is 51.1 Å². The van der Waals surface area contributed by atoms with Gasteiger partial charge in [0.2, 0.25) is 0 Å². The van der Waals surface area contributed by atoms with Gasteiger partial charge in [0.15, 0.2) is 0 Å². The minimum absolute atomic E-state index is 0.0394. The Labute approximate surface area is 103 Å². The van der Waals surface area contributed by atoms with Crippen LogP contribution in [0.1, 0.15) is 26.7 Å². The summed E-state index contributed by atoms with van der Waals surface area (Å²) in [6.45, 7) is 6.80. The van der Waals surface area contributed by atoms with Crippen LogP contribution < -0.4 is 5.32 Å². The number of rotatable bonds is 7. The molecule has 0 aromatic rings. The summed E-state index contributed by atoms with van der Waals surface area (Å²) >= 11 is 0. The molecule has 0 amide bonds. The third-order valence-corrected chi connectivity index (χ3v) is 2.63. The fraction of sp³-hybridized carbons (Fsp3) is 0.917. The van der Waals surface area contributed by atoms with Crippen molar-refractivity contribution in [3.05, 3.63) is 0 Å². The summed E-state index contributed by atoms with van der Waals surface area (Å²) in [6.07, 6.45) is 1.77. The first-order valence-corrected chi connectivity index (χ1v) is 6.37. The Hall–Kier alpha value is -0.650. The van der Waals surface area contributed by atoms with E-state index in [0.29, 0.717) is 33.0 Å². The highest BCUT2D eigenvalue weighted by Gasteiger charge is 2.21. The summed E-state index contributed by atoms with van der Waals surface area (Å²) in [5, 5.41) is 3.20. The van der Waals surface area contributed by atoms with E-state index in [1.807, 2.05) is 13.8 Å². The van der Waals surface area contributed by atoms with Gasteiger partial charge in [-0.05, 0) is 13.3 Å². The van der Waals surface area contributed by atoms with Crippen molar-refractivity contribution in [3.63, 3.8) is 0 Å². The molecule has 1 N–H and O–H groups in total. The molecule has 0 aliphatic carbocycles. The Kier molecular flexibility index (Phi) is 7.16. The summed E-state index contributed by atoms with van der Waals surface area (Å²) in [6, 6.07) is -0.231. The first-order chi connectivity index (χ1) is 8.27. The second-order valence-electron chi connectivity index (χ2n) is 4.07. The van der Waals surface area contributed by atoms with E-state index in [9.17, 15) is 4.79 Å². The van der Waals surface area contributed by atoms with Crippen LogP contribution in [0.25, 0.3) is 0 Å². The van der Waals surface area contributed by atoms with Gasteiger partial charge in [-0.25, -0.2) is 0 Å². The van der Waals surface area contributed by atoms with Crippen molar-refractivity contribution >= 4 is 5.97 Å². The van der Waals surface area contributed by atoms with Crippen molar-refractivity contribution < 1.29 is 19.0 Å². The van der Waals surface area contributed by atoms with Gasteiger partial charge in [0.1, 0.15) is 6.04 Å². The van der Waals surface area contributed by atoms with E-state index >= 15 is 0 Å². The molecule has 1 aliphatic heterocycles. The van der Waals surface area contributed by atoms with Gasteiger partial charge >= 0.3 is 5.97 Å². The molecule has 0 saturated carbocycles. The van der Waals surface area contributed by atoms with Crippen molar-refractivity contribution in [1.29, 1.82) is 0 Å². The fourth-order valence-corrected chi connectivity index (χ4v) is 1.76. The standard InChI is InChI=1S/C12H23NO4/c1-3-5-11(12(14)16-4-2)13-8-10-9-15-6-7-17-10/h10-11,13H,3-9H2,1-2H3. The van der Waals surface area contributed by atoms with Crippen molar-refractivity contribution in [2.75, 3.05) is 33.0 Å². The number of hydrogen-bond donors (Lipinski definition) is 1. The van der Waals surface area contributed by atoms with Gasteiger partial charge in [0, 0.05) is 6.54 Å². The zero-order valence-corrected chi connectivity index (χ0v) is 10.7. The molecular weight excluding hydrogens is 222 g/mol. The highest BCUT2D eigenvalue weighted by molar-refractivity contribution is 5.75. The molecule has 0 spiro atoms. The monoisotopic (exact) mass is 245 g/mol. The maximum atomic E-state index is 11.6. The maximum absolute atomic E-state index is 11.6. The minimum Gasteiger partial charge on any atom is -0.465 e. The first-order valence-electron chi connectivity index (χ1n) is 6.37. The molecule has 2 unspecified atom stereocenters. The minimum atomic E-state index is -0.231. The highest BCUT2D eigenvalue weighted by Crippen LogP contribution is 2.03. The van der Waals surface area contributed by atoms with Crippen molar-refractivity contribution in [2.45, 2.75) is 38.8 Å². The molecular formula is C12H23NO4. The Bertz CT molecular complexity index is 217. The topological polar surface area (TPSA) is 56.8 Å². The van der Waals surface area contributed by atoms with Gasteiger partial charge < -0.3 is 19.5 Å². The maximum Gasteiger partial charge on any atom is 0.323 e. The summed E-state index contributed by atoms with van der Waals surface area (Å²) in [5.74, 6) is -0.175. The van der Waals surface area contributed by atoms with Crippen LogP contribution in [0.3, 0.4) is 0 Å². The van der Waals surface area contributed by atoms with E-state index in [2.05, 4.69) is 5.32 Å². The third-order valence-electron chi connectivity index (χ3n) is 2.63. The van der Waals surface area contributed by atoms with Gasteiger partial charge in [0.05, 0.1) is 32.5 Å². The van der Waals surface area contributed by atoms with Gasteiger partial charge in [-0.15, -0.1) is 0 Å². The Balaban J connectivity index is 2.29. The van der Waals surface area contributed by atoms with Gasteiger partial charge in [-0.2, -0.15) is 0 Å². The van der Waals surface area contributed by atoms with Crippen molar-refractivity contribution in [2.24, 2.45) is 0 Å². The second-order valence-corrected chi connectivity index (χ2v) is 4.07. The lowest BCUT2D eigenvalue weighted by Crippen LogP contribution is -2.45. The first kappa shape index (κ1) is 14.4. The van der Waals surface area contributed by atoms with E-state index in [4.69, 9.17) is 14.2 Å². The molecule has 17 heavy (non-hydrogen) atoms. The SMILES string of the molecule is CCCC(NCC1COCCO1)C(=O)OCC. The zero-order valence-electron chi connectivity index (χ0n) is 10.7. The van der Waals surface area contributed by atoms with Crippen LogP contribution in [0.2, 0.25) is 0 Å². The Morgan fingerprint density at radius 1 is 1.47 bits per heavy atom. The van der Waals surface area contributed by atoms with Crippen LogP contribution in [0, 0.1) is 0 Å². The second kappa shape index (κ2) is 8.44. The lowest BCUT2D eigenvalue weighted by Gasteiger charge is -2.25. The van der Waals surface area contributed by atoms with E-state index in [1.54, 1.807) is 0 Å². The average Bonchev–Trinajstić information content (AvgIpc) is 2.36. The normalized spacial score (nSPS) is 22.1.